The fraction of sp³-hybridized carbons (Fsp3) is 0.781. The van der Waals surface area contributed by atoms with Crippen molar-refractivity contribution >= 4 is 17.7 Å². The van der Waals surface area contributed by atoms with Gasteiger partial charge in [0.1, 0.15) is 35.8 Å². The van der Waals surface area contributed by atoms with E-state index >= 15 is 0 Å². The third-order valence-electron chi connectivity index (χ3n) is 12.0. The number of carbonyl (C=O) groups excluding carboxylic acids is 1. The van der Waals surface area contributed by atoms with Crippen molar-refractivity contribution in [2.75, 3.05) is 13.2 Å². The van der Waals surface area contributed by atoms with Crippen LogP contribution < -0.4 is 0 Å². The van der Waals surface area contributed by atoms with Gasteiger partial charge in [-0.05, 0) is 45.6 Å². The highest BCUT2D eigenvalue weighted by Gasteiger charge is 2.87. The van der Waals surface area contributed by atoms with Gasteiger partial charge in [-0.25, -0.2) is 4.79 Å². The van der Waals surface area contributed by atoms with E-state index in [-0.39, 0.29) is 12.8 Å². The van der Waals surface area contributed by atoms with Gasteiger partial charge in [0.05, 0.1) is 55.4 Å². The molecule has 4 fully saturated rings. The van der Waals surface area contributed by atoms with Crippen LogP contribution in [0.3, 0.4) is 0 Å². The molecule has 2 aliphatic carbocycles. The van der Waals surface area contributed by atoms with Crippen molar-refractivity contribution in [2.45, 2.75) is 114 Å². The van der Waals surface area contributed by atoms with Crippen molar-refractivity contribution in [1.29, 1.82) is 0 Å². The van der Waals surface area contributed by atoms with E-state index in [0.29, 0.717) is 5.56 Å². The van der Waals surface area contributed by atoms with Crippen LogP contribution in [0.5, 0.6) is 0 Å². The Bertz CT molecular complexity index is 1370. The number of epoxide rings is 1. The SMILES string of the molecule is CC(C)(O)[C@@H]1CC(=O)[C@]2(C)[C@H](CC[C@@](C)([C@@H](O[C@@H]3O[C@H](CO)[C@@H](O)[C@H](O)[C@H]3O)c3ccoc3)[C@@]23O[C@@H]3C(=O)O)[C@@]1(CO)[C@@H](O)CC(=O)O. The van der Waals surface area contributed by atoms with E-state index < -0.39 is 132 Å². The number of aliphatic hydroxyl groups is 7. The second-order valence-electron chi connectivity index (χ2n) is 14.8. The van der Waals surface area contributed by atoms with Crippen molar-refractivity contribution in [3.8, 4) is 0 Å². The summed E-state index contributed by atoms with van der Waals surface area (Å²) in [7, 11) is 0. The lowest BCUT2D eigenvalue weighted by molar-refractivity contribution is -0.329. The van der Waals surface area contributed by atoms with Crippen molar-refractivity contribution in [2.24, 2.45) is 28.1 Å². The zero-order valence-corrected chi connectivity index (χ0v) is 27.1. The first-order valence-electron chi connectivity index (χ1n) is 15.9. The van der Waals surface area contributed by atoms with E-state index in [1.54, 1.807) is 6.92 Å². The monoisotopic (exact) mass is 686 g/mol. The molecule has 9 N–H and O–H groups in total. The first-order chi connectivity index (χ1) is 22.3. The van der Waals surface area contributed by atoms with Crippen LogP contribution in [0.15, 0.2) is 23.0 Å². The van der Waals surface area contributed by atoms with Gasteiger partial charge in [-0.3, -0.25) is 9.59 Å². The molecule has 1 spiro atoms. The molecule has 2 saturated carbocycles. The number of carboxylic acids is 2. The summed E-state index contributed by atoms with van der Waals surface area (Å²) < 4.78 is 23.5. The van der Waals surface area contributed by atoms with Crippen molar-refractivity contribution in [3.63, 3.8) is 0 Å². The van der Waals surface area contributed by atoms with Crippen LogP contribution in [0.2, 0.25) is 0 Å². The number of Topliss-reactive ketones (excluding diaryl/α,β-unsaturated/α-hetero) is 1. The first kappa shape index (κ1) is 36.8. The number of hydrogen-bond donors (Lipinski definition) is 9. The van der Waals surface area contributed by atoms with Gasteiger partial charge in [0.25, 0.3) is 0 Å². The molecule has 1 aromatic heterocycles. The lowest BCUT2D eigenvalue weighted by atomic mass is 9.37. The maximum atomic E-state index is 14.6. The maximum Gasteiger partial charge on any atom is 0.335 e. The molecule has 0 bridgehead atoms. The average molecular weight is 687 g/mol. The highest BCUT2D eigenvalue weighted by molar-refractivity contribution is 5.92. The highest BCUT2D eigenvalue weighted by atomic mass is 16.7. The molecule has 0 unspecified atom stereocenters. The van der Waals surface area contributed by atoms with E-state index in [2.05, 4.69) is 0 Å². The molecular formula is C32H46O16. The summed E-state index contributed by atoms with van der Waals surface area (Å²) in [4.78, 5) is 39.3. The summed E-state index contributed by atoms with van der Waals surface area (Å²) in [6, 6.07) is 1.50. The Morgan fingerprint density at radius 2 is 1.77 bits per heavy atom. The van der Waals surface area contributed by atoms with Gasteiger partial charge in [-0.15, -0.1) is 0 Å². The molecule has 14 atom stereocenters. The largest absolute Gasteiger partial charge is 0.481 e. The van der Waals surface area contributed by atoms with E-state index in [0.717, 1.165) is 0 Å². The van der Waals surface area contributed by atoms with Crippen LogP contribution in [0.1, 0.15) is 65.0 Å². The zero-order valence-electron chi connectivity index (χ0n) is 27.1. The Balaban J connectivity index is 1.69. The van der Waals surface area contributed by atoms with Crippen LogP contribution in [-0.4, -0.2) is 131 Å². The van der Waals surface area contributed by atoms with Crippen LogP contribution in [0.25, 0.3) is 0 Å². The maximum absolute atomic E-state index is 14.6. The minimum atomic E-state index is -1.95. The average Bonchev–Trinajstić information content (AvgIpc) is 3.57. The zero-order chi connectivity index (χ0) is 35.8. The summed E-state index contributed by atoms with van der Waals surface area (Å²) in [5, 5.41) is 95.6. The topological polar surface area (TPSA) is 277 Å². The Labute approximate surface area is 275 Å². The number of ether oxygens (including phenoxy) is 3. The van der Waals surface area contributed by atoms with Gasteiger partial charge in [0.2, 0.25) is 0 Å². The Kier molecular flexibility index (Phi) is 9.47. The number of aliphatic hydroxyl groups excluding tert-OH is 6. The summed E-state index contributed by atoms with van der Waals surface area (Å²) in [5.41, 5.74) is -8.52. The number of furan rings is 1. The van der Waals surface area contributed by atoms with E-state index in [4.69, 9.17) is 18.6 Å². The third-order valence-corrected chi connectivity index (χ3v) is 12.0. The minimum Gasteiger partial charge on any atom is -0.481 e. The predicted molar refractivity (Wildman–Crippen MR) is 158 cm³/mol. The predicted octanol–water partition coefficient (Wildman–Crippen LogP) is -1.04. The molecule has 16 heteroatoms. The third kappa shape index (κ3) is 5.07. The molecule has 0 aromatic carbocycles. The van der Waals surface area contributed by atoms with E-state index in [1.165, 1.54) is 39.4 Å². The highest BCUT2D eigenvalue weighted by Crippen LogP contribution is 2.77. The molecular weight excluding hydrogens is 640 g/mol. The smallest absolute Gasteiger partial charge is 0.335 e. The minimum absolute atomic E-state index is 0.0214. The van der Waals surface area contributed by atoms with Gasteiger partial charge >= 0.3 is 11.9 Å². The summed E-state index contributed by atoms with van der Waals surface area (Å²) in [6.07, 6.45) is -11.8. The van der Waals surface area contributed by atoms with E-state index in [1.807, 2.05) is 0 Å². The van der Waals surface area contributed by atoms with Gasteiger partial charge in [-0.2, -0.15) is 0 Å². The lowest BCUT2D eigenvalue weighted by Crippen LogP contribution is -2.73. The molecule has 4 aliphatic rings. The summed E-state index contributed by atoms with van der Waals surface area (Å²) >= 11 is 0. The van der Waals surface area contributed by atoms with Crippen LogP contribution >= 0.6 is 0 Å². The molecule has 1 aromatic rings. The second kappa shape index (κ2) is 12.4. The number of carboxylic acid groups (broad SMARTS) is 2. The van der Waals surface area contributed by atoms with E-state index in [9.17, 15) is 60.3 Å². The lowest BCUT2D eigenvalue weighted by Gasteiger charge is -2.66. The number of carbonyl (C=O) groups is 3. The molecule has 16 nitrogen and oxygen atoms in total. The van der Waals surface area contributed by atoms with Crippen molar-refractivity contribution in [1.82, 2.24) is 0 Å². The van der Waals surface area contributed by atoms with Crippen LogP contribution in [-0.2, 0) is 28.6 Å². The standard InChI is InChI=1S/C32H46O16/c1-28(2,44)17-9-18(35)30(4)16(31(17,13-34)19(36)10-20(37)38)5-7-29(3,32(30)25(48-32)26(42)43)24(14-6-8-45-12-14)47-27-23(41)22(40)21(39)15(11-33)46-27/h6,8,12,15-17,19,21-25,27,33-34,36,39-41,44H,5,7,9-11,13H2,1-4H3,(H,37,38)(H,42,43)/t15-,16+,17+,19+,21-,22+,23-,24+,25-,27+,29+,30+,31-,32-/m1/s1. The molecule has 48 heavy (non-hydrogen) atoms. The molecule has 2 aliphatic heterocycles. The molecule has 3 heterocycles. The van der Waals surface area contributed by atoms with Crippen molar-refractivity contribution < 1.29 is 79.0 Å². The molecule has 5 rings (SSSR count). The Morgan fingerprint density at radius 1 is 1.10 bits per heavy atom. The Morgan fingerprint density at radius 3 is 2.27 bits per heavy atom. The normalized spacial score (nSPS) is 44.2. The van der Waals surface area contributed by atoms with Gasteiger partial charge in [-0.1, -0.05) is 6.92 Å². The van der Waals surface area contributed by atoms with Gasteiger partial charge in [0.15, 0.2) is 12.4 Å². The molecule has 0 amide bonds. The van der Waals surface area contributed by atoms with Gasteiger partial charge < -0.3 is 64.6 Å². The molecule has 2 saturated heterocycles. The quantitative estimate of drug-likeness (QED) is 0.126. The Hall–Kier alpha value is -2.51. The first-order valence-corrected chi connectivity index (χ1v) is 15.9. The van der Waals surface area contributed by atoms with Crippen LogP contribution in [0.4, 0.5) is 0 Å². The molecule has 270 valence electrons. The summed E-state index contributed by atoms with van der Waals surface area (Å²) in [5.74, 6) is -5.62. The fourth-order valence-electron chi connectivity index (χ4n) is 9.73. The fourth-order valence-corrected chi connectivity index (χ4v) is 9.73. The number of aliphatic carboxylic acids is 2. The van der Waals surface area contributed by atoms with Crippen molar-refractivity contribution in [3.05, 3.63) is 24.2 Å². The number of rotatable bonds is 11. The number of ketones is 1. The van der Waals surface area contributed by atoms with Crippen LogP contribution in [0, 0.1) is 28.1 Å². The number of hydrogen-bond acceptors (Lipinski definition) is 14. The number of fused-ring (bicyclic) bond motifs is 2. The van der Waals surface area contributed by atoms with Gasteiger partial charge in [0, 0.05) is 28.7 Å². The second-order valence-corrected chi connectivity index (χ2v) is 14.8. The summed E-state index contributed by atoms with van der Waals surface area (Å²) in [6.45, 7) is 4.28. The molecule has 0 radical (unpaired) electrons.